The predicted octanol–water partition coefficient (Wildman–Crippen LogP) is 3.32. The van der Waals surface area contributed by atoms with Gasteiger partial charge in [-0.25, -0.2) is 9.97 Å². The van der Waals surface area contributed by atoms with Crippen molar-refractivity contribution >= 4 is 34.5 Å². The van der Waals surface area contributed by atoms with Crippen molar-refractivity contribution in [2.24, 2.45) is 13.0 Å². The highest BCUT2D eigenvalue weighted by atomic mass is 32.2. The molecule has 1 N–H and O–H groups in total. The molecule has 1 aromatic carbocycles. The average molecular weight is 454 g/mol. The minimum Gasteiger partial charge on any atom is -0.355 e. The van der Waals surface area contributed by atoms with E-state index >= 15 is 0 Å². The molecule has 1 aliphatic rings. The molecule has 0 unspecified atom stereocenters. The van der Waals surface area contributed by atoms with E-state index in [1.54, 1.807) is 18.1 Å². The summed E-state index contributed by atoms with van der Waals surface area (Å²) in [6.45, 7) is 8.66. The second kappa shape index (κ2) is 9.85. The number of amides is 1. The zero-order valence-corrected chi connectivity index (χ0v) is 20.0. The van der Waals surface area contributed by atoms with Gasteiger partial charge in [-0.15, -0.1) is 10.2 Å². The van der Waals surface area contributed by atoms with Gasteiger partial charge in [-0.2, -0.15) is 0 Å². The van der Waals surface area contributed by atoms with E-state index in [1.807, 2.05) is 11.6 Å². The fourth-order valence-electron chi connectivity index (χ4n) is 3.99. The van der Waals surface area contributed by atoms with E-state index in [9.17, 15) is 4.79 Å². The Bertz CT molecular complexity index is 1090. The summed E-state index contributed by atoms with van der Waals surface area (Å²) in [5, 5.41) is 13.0. The van der Waals surface area contributed by atoms with E-state index in [1.165, 1.54) is 5.56 Å². The molecule has 3 heterocycles. The summed E-state index contributed by atoms with van der Waals surface area (Å²) in [5.74, 6) is 2.21. The first-order valence-corrected chi connectivity index (χ1v) is 12.2. The number of fused-ring (bicyclic) bond motifs is 1. The summed E-state index contributed by atoms with van der Waals surface area (Å²) < 4.78 is 1.88. The van der Waals surface area contributed by atoms with Crippen LogP contribution in [0.25, 0.3) is 10.9 Å². The van der Waals surface area contributed by atoms with Crippen molar-refractivity contribution in [2.75, 3.05) is 30.3 Å². The van der Waals surface area contributed by atoms with E-state index in [0.29, 0.717) is 12.5 Å². The van der Waals surface area contributed by atoms with Gasteiger partial charge >= 0.3 is 0 Å². The van der Waals surface area contributed by atoms with Crippen LogP contribution in [-0.2, 0) is 11.8 Å². The number of nitrogens with zero attached hydrogens (tertiary/aromatic N) is 6. The lowest BCUT2D eigenvalue weighted by Gasteiger charge is -2.31. The molecule has 0 radical (unpaired) electrons. The predicted molar refractivity (Wildman–Crippen MR) is 128 cm³/mol. The largest absolute Gasteiger partial charge is 0.355 e. The number of nitrogens with one attached hydrogen (secondary N) is 1. The number of hydrogen-bond acceptors (Lipinski definition) is 7. The first-order chi connectivity index (χ1) is 15.4. The molecule has 2 aromatic heterocycles. The van der Waals surface area contributed by atoms with Crippen LogP contribution in [0.4, 0.5) is 5.95 Å². The molecule has 0 bridgehead atoms. The van der Waals surface area contributed by atoms with Crippen molar-refractivity contribution in [3.05, 3.63) is 35.8 Å². The SMILES string of the molecule is Cc1nc(N2CCC(C(=O)NCCSc3nncn3C)CC2)nc2ccc(C(C)C)cc12. The van der Waals surface area contributed by atoms with E-state index in [0.717, 1.165) is 59.4 Å². The van der Waals surface area contributed by atoms with Crippen LogP contribution in [0, 0.1) is 12.8 Å². The smallest absolute Gasteiger partial charge is 0.226 e. The Balaban J connectivity index is 1.30. The maximum Gasteiger partial charge on any atom is 0.226 e. The molecule has 0 atom stereocenters. The van der Waals surface area contributed by atoms with E-state index in [-0.39, 0.29) is 11.8 Å². The zero-order valence-electron chi connectivity index (χ0n) is 19.2. The van der Waals surface area contributed by atoms with Crippen LogP contribution in [0.15, 0.2) is 29.7 Å². The number of thioether (sulfide) groups is 1. The third kappa shape index (κ3) is 5.03. The molecule has 1 amide bonds. The molecular weight excluding hydrogens is 422 g/mol. The molecule has 8 nitrogen and oxygen atoms in total. The number of piperidine rings is 1. The Hall–Kier alpha value is -2.68. The monoisotopic (exact) mass is 453 g/mol. The van der Waals surface area contributed by atoms with Crippen LogP contribution in [-0.4, -0.2) is 56.0 Å². The fraction of sp³-hybridized carbons (Fsp3) is 0.522. The minimum absolute atomic E-state index is 0.0428. The minimum atomic E-state index is 0.0428. The molecule has 0 spiro atoms. The normalized spacial score (nSPS) is 15.0. The number of carbonyl (C=O) groups is 1. The number of anilines is 1. The first kappa shape index (κ1) is 22.5. The number of carbonyl (C=O) groups excluding carboxylic acids is 1. The molecule has 4 rings (SSSR count). The summed E-state index contributed by atoms with van der Waals surface area (Å²) >= 11 is 1.59. The molecule has 32 heavy (non-hydrogen) atoms. The Labute approximate surface area is 193 Å². The quantitative estimate of drug-likeness (QED) is 0.434. The van der Waals surface area contributed by atoms with Gasteiger partial charge in [0.1, 0.15) is 6.33 Å². The van der Waals surface area contributed by atoms with Crippen LogP contribution in [0.5, 0.6) is 0 Å². The lowest BCUT2D eigenvalue weighted by molar-refractivity contribution is -0.125. The van der Waals surface area contributed by atoms with Crippen molar-refractivity contribution in [3.63, 3.8) is 0 Å². The van der Waals surface area contributed by atoms with E-state index in [4.69, 9.17) is 9.97 Å². The van der Waals surface area contributed by atoms with Gasteiger partial charge in [-0.1, -0.05) is 31.7 Å². The van der Waals surface area contributed by atoms with Crippen LogP contribution in [0.1, 0.15) is 43.9 Å². The lowest BCUT2D eigenvalue weighted by Crippen LogP contribution is -2.41. The highest BCUT2D eigenvalue weighted by Crippen LogP contribution is 2.26. The number of rotatable bonds is 7. The fourth-order valence-corrected chi connectivity index (χ4v) is 4.73. The van der Waals surface area contributed by atoms with E-state index in [2.05, 4.69) is 59.4 Å². The molecular formula is C23H31N7OS. The summed E-state index contributed by atoms with van der Waals surface area (Å²) in [6.07, 6.45) is 3.31. The van der Waals surface area contributed by atoms with Crippen molar-refractivity contribution in [2.45, 2.75) is 44.7 Å². The summed E-state index contributed by atoms with van der Waals surface area (Å²) in [4.78, 5) is 24.4. The number of aryl methyl sites for hydroxylation is 2. The van der Waals surface area contributed by atoms with Crippen LogP contribution in [0.2, 0.25) is 0 Å². The average Bonchev–Trinajstić information content (AvgIpc) is 3.21. The Morgan fingerprint density at radius 2 is 2.03 bits per heavy atom. The van der Waals surface area contributed by atoms with Gasteiger partial charge in [-0.3, -0.25) is 4.79 Å². The second-order valence-corrected chi connectivity index (χ2v) is 9.73. The molecule has 3 aromatic rings. The van der Waals surface area contributed by atoms with Gasteiger partial charge in [0.25, 0.3) is 0 Å². The summed E-state index contributed by atoms with van der Waals surface area (Å²) in [7, 11) is 1.92. The van der Waals surface area contributed by atoms with Crippen molar-refractivity contribution in [3.8, 4) is 0 Å². The number of hydrogen-bond donors (Lipinski definition) is 1. The first-order valence-electron chi connectivity index (χ1n) is 11.2. The summed E-state index contributed by atoms with van der Waals surface area (Å²) in [6, 6.07) is 6.46. The maximum absolute atomic E-state index is 12.6. The molecule has 1 aliphatic heterocycles. The Kier molecular flexibility index (Phi) is 6.93. The second-order valence-electron chi connectivity index (χ2n) is 8.67. The molecule has 0 saturated carbocycles. The molecule has 0 aliphatic carbocycles. The number of benzene rings is 1. The third-order valence-corrected chi connectivity index (χ3v) is 7.05. The highest BCUT2D eigenvalue weighted by molar-refractivity contribution is 7.99. The highest BCUT2D eigenvalue weighted by Gasteiger charge is 2.26. The standard InChI is InChI=1S/C23H31N7OS/c1-15(2)18-5-6-20-19(13-18)16(3)26-22(27-20)30-10-7-17(8-11-30)21(31)24-9-12-32-23-28-25-14-29(23)4/h5-6,13-15,17H,7-12H2,1-4H3,(H,24,31). The van der Waals surface area contributed by atoms with Crippen molar-refractivity contribution in [1.29, 1.82) is 0 Å². The van der Waals surface area contributed by atoms with Gasteiger partial charge in [0.05, 0.1) is 11.2 Å². The number of aromatic nitrogens is 5. The van der Waals surface area contributed by atoms with Crippen LogP contribution in [0.3, 0.4) is 0 Å². The molecule has 9 heteroatoms. The van der Waals surface area contributed by atoms with Gasteiger partial charge in [0.15, 0.2) is 5.16 Å². The maximum atomic E-state index is 12.6. The molecule has 1 saturated heterocycles. The van der Waals surface area contributed by atoms with Gasteiger partial charge in [0, 0.05) is 43.7 Å². The topological polar surface area (TPSA) is 88.8 Å². The van der Waals surface area contributed by atoms with Gasteiger partial charge < -0.3 is 14.8 Å². The van der Waals surface area contributed by atoms with E-state index < -0.39 is 0 Å². The lowest BCUT2D eigenvalue weighted by atomic mass is 9.96. The third-order valence-electron chi connectivity index (χ3n) is 6.02. The van der Waals surface area contributed by atoms with Gasteiger partial charge in [-0.05, 0) is 43.4 Å². The van der Waals surface area contributed by atoms with Gasteiger partial charge in [0.2, 0.25) is 11.9 Å². The molecule has 170 valence electrons. The Morgan fingerprint density at radius 1 is 1.25 bits per heavy atom. The van der Waals surface area contributed by atoms with Crippen LogP contribution < -0.4 is 10.2 Å². The molecule has 1 fully saturated rings. The van der Waals surface area contributed by atoms with Crippen LogP contribution >= 0.6 is 11.8 Å². The Morgan fingerprint density at radius 3 is 2.72 bits per heavy atom. The van der Waals surface area contributed by atoms with Crippen molar-refractivity contribution < 1.29 is 4.79 Å². The van der Waals surface area contributed by atoms with Crippen molar-refractivity contribution in [1.82, 2.24) is 30.0 Å². The zero-order chi connectivity index (χ0) is 22.7. The summed E-state index contributed by atoms with van der Waals surface area (Å²) in [5.41, 5.74) is 3.30.